The second kappa shape index (κ2) is 4.96. The van der Waals surface area contributed by atoms with Gasteiger partial charge in [0.1, 0.15) is 0 Å². The van der Waals surface area contributed by atoms with Gasteiger partial charge in [-0.2, -0.15) is 0 Å². The van der Waals surface area contributed by atoms with E-state index >= 15 is 0 Å². The maximum absolute atomic E-state index is 10.3. The van der Waals surface area contributed by atoms with E-state index in [-0.39, 0.29) is 0 Å². The van der Waals surface area contributed by atoms with Crippen LogP contribution >= 0.6 is 15.9 Å². The van der Waals surface area contributed by atoms with Crippen molar-refractivity contribution < 1.29 is 5.11 Å². The maximum atomic E-state index is 10.3. The molecule has 1 saturated heterocycles. The van der Waals surface area contributed by atoms with E-state index in [9.17, 15) is 5.11 Å². The zero-order valence-electron chi connectivity index (χ0n) is 10.3. The first-order valence-electron chi connectivity index (χ1n) is 5.93. The number of nitrogens with one attached hydrogen (secondary N) is 1. The summed E-state index contributed by atoms with van der Waals surface area (Å²) in [5, 5.41) is 13.6. The van der Waals surface area contributed by atoms with Crippen molar-refractivity contribution in [2.24, 2.45) is 0 Å². The summed E-state index contributed by atoms with van der Waals surface area (Å²) in [5.41, 5.74) is 0.462. The number of halogens is 1. The molecule has 2 rings (SSSR count). The van der Waals surface area contributed by atoms with Gasteiger partial charge in [0.25, 0.3) is 0 Å². The lowest BCUT2D eigenvalue weighted by Crippen LogP contribution is -2.45. The fraction of sp³-hybridized carbons (Fsp3) is 0.538. The van der Waals surface area contributed by atoms with Gasteiger partial charge in [-0.3, -0.25) is 0 Å². The molecule has 0 bridgehead atoms. The van der Waals surface area contributed by atoms with Crippen molar-refractivity contribution in [2.75, 3.05) is 24.5 Å². The second-order valence-electron chi connectivity index (χ2n) is 5.08. The summed E-state index contributed by atoms with van der Waals surface area (Å²) in [6.07, 6.45) is 0. The third kappa shape index (κ3) is 3.21. The van der Waals surface area contributed by atoms with Crippen LogP contribution in [-0.2, 0) is 0 Å². The van der Waals surface area contributed by atoms with E-state index in [0.29, 0.717) is 19.1 Å². The smallest absolute Gasteiger partial charge is 0.0917 e. The molecule has 17 heavy (non-hydrogen) atoms. The first-order chi connectivity index (χ1) is 7.98. The molecule has 1 fully saturated rings. The van der Waals surface area contributed by atoms with Gasteiger partial charge in [0, 0.05) is 35.8 Å². The predicted octanol–water partition coefficient (Wildman–Crippen LogP) is 2.00. The third-order valence-corrected chi connectivity index (χ3v) is 3.62. The SMILES string of the molecule is CC1CNCC(C)(O)CN1c1cccc(Br)c1. The van der Waals surface area contributed by atoms with Crippen LogP contribution in [0.25, 0.3) is 0 Å². The normalized spacial score (nSPS) is 30.1. The maximum Gasteiger partial charge on any atom is 0.0917 e. The van der Waals surface area contributed by atoms with Gasteiger partial charge in [-0.1, -0.05) is 22.0 Å². The minimum absolute atomic E-state index is 0.373. The highest BCUT2D eigenvalue weighted by atomic mass is 79.9. The Kier molecular flexibility index (Phi) is 3.76. The van der Waals surface area contributed by atoms with Crippen LogP contribution in [0.5, 0.6) is 0 Å². The van der Waals surface area contributed by atoms with Crippen LogP contribution in [0.15, 0.2) is 28.7 Å². The Hall–Kier alpha value is -0.580. The van der Waals surface area contributed by atoms with Crippen molar-refractivity contribution >= 4 is 21.6 Å². The molecule has 1 aromatic carbocycles. The zero-order valence-corrected chi connectivity index (χ0v) is 11.9. The summed E-state index contributed by atoms with van der Waals surface area (Å²) in [7, 11) is 0. The Balaban J connectivity index is 2.27. The Morgan fingerprint density at radius 3 is 3.00 bits per heavy atom. The fourth-order valence-corrected chi connectivity index (χ4v) is 2.63. The standard InChI is InChI=1S/C13H19BrN2O/c1-10-7-15-8-13(2,17)9-16(10)12-5-3-4-11(14)6-12/h3-6,10,15,17H,7-9H2,1-2H3. The van der Waals surface area contributed by atoms with Crippen molar-refractivity contribution in [2.45, 2.75) is 25.5 Å². The van der Waals surface area contributed by atoms with Crippen molar-refractivity contribution in [3.05, 3.63) is 28.7 Å². The highest BCUT2D eigenvalue weighted by Gasteiger charge is 2.30. The molecule has 3 nitrogen and oxygen atoms in total. The van der Waals surface area contributed by atoms with Crippen LogP contribution in [0.4, 0.5) is 5.69 Å². The van der Waals surface area contributed by atoms with E-state index < -0.39 is 5.60 Å². The molecule has 1 heterocycles. The van der Waals surface area contributed by atoms with Crippen molar-refractivity contribution in [1.82, 2.24) is 5.32 Å². The number of rotatable bonds is 1. The molecule has 94 valence electrons. The van der Waals surface area contributed by atoms with E-state index in [1.165, 1.54) is 0 Å². The molecule has 4 heteroatoms. The molecule has 0 spiro atoms. The third-order valence-electron chi connectivity index (χ3n) is 3.13. The minimum atomic E-state index is -0.687. The van der Waals surface area contributed by atoms with Crippen LogP contribution < -0.4 is 10.2 Å². The molecule has 2 unspecified atom stereocenters. The van der Waals surface area contributed by atoms with Gasteiger partial charge in [0.15, 0.2) is 0 Å². The monoisotopic (exact) mass is 298 g/mol. The van der Waals surface area contributed by atoms with Crippen molar-refractivity contribution in [3.63, 3.8) is 0 Å². The van der Waals surface area contributed by atoms with Crippen LogP contribution in [0, 0.1) is 0 Å². The van der Waals surface area contributed by atoms with Gasteiger partial charge in [-0.15, -0.1) is 0 Å². The summed E-state index contributed by atoms with van der Waals surface area (Å²) < 4.78 is 1.07. The number of hydrogen-bond donors (Lipinski definition) is 2. The number of aliphatic hydroxyl groups is 1. The largest absolute Gasteiger partial charge is 0.387 e. The molecule has 0 aliphatic carbocycles. The number of benzene rings is 1. The van der Waals surface area contributed by atoms with Gasteiger partial charge in [0.2, 0.25) is 0 Å². The Morgan fingerprint density at radius 2 is 2.29 bits per heavy atom. The molecule has 0 radical (unpaired) electrons. The highest BCUT2D eigenvalue weighted by molar-refractivity contribution is 9.10. The molecule has 0 saturated carbocycles. The first-order valence-corrected chi connectivity index (χ1v) is 6.72. The predicted molar refractivity (Wildman–Crippen MR) is 74.4 cm³/mol. The van der Waals surface area contributed by atoms with Gasteiger partial charge in [-0.25, -0.2) is 0 Å². The molecular weight excluding hydrogens is 280 g/mol. The van der Waals surface area contributed by atoms with Gasteiger partial charge < -0.3 is 15.3 Å². The highest BCUT2D eigenvalue weighted by Crippen LogP contribution is 2.24. The summed E-state index contributed by atoms with van der Waals surface area (Å²) >= 11 is 3.49. The van der Waals surface area contributed by atoms with Crippen molar-refractivity contribution in [1.29, 1.82) is 0 Å². The number of nitrogens with zero attached hydrogens (tertiary/aromatic N) is 1. The Bertz CT molecular complexity index is 395. The van der Waals surface area contributed by atoms with Crippen LogP contribution in [0.1, 0.15) is 13.8 Å². The summed E-state index contributed by atoms with van der Waals surface area (Å²) in [6.45, 7) is 6.24. The minimum Gasteiger partial charge on any atom is -0.387 e. The summed E-state index contributed by atoms with van der Waals surface area (Å²) in [6, 6.07) is 8.60. The first kappa shape index (κ1) is 12.9. The Labute approximate surface area is 111 Å². The van der Waals surface area contributed by atoms with Crippen LogP contribution in [-0.4, -0.2) is 36.4 Å². The second-order valence-corrected chi connectivity index (χ2v) is 6.00. The van der Waals surface area contributed by atoms with E-state index in [2.05, 4.69) is 45.2 Å². The quantitative estimate of drug-likeness (QED) is 0.832. The topological polar surface area (TPSA) is 35.5 Å². The van der Waals surface area contributed by atoms with E-state index in [4.69, 9.17) is 0 Å². The van der Waals surface area contributed by atoms with Crippen LogP contribution in [0.3, 0.4) is 0 Å². The average molecular weight is 299 g/mol. The fourth-order valence-electron chi connectivity index (χ4n) is 2.24. The number of hydrogen-bond acceptors (Lipinski definition) is 3. The van der Waals surface area contributed by atoms with E-state index in [1.54, 1.807) is 0 Å². The zero-order chi connectivity index (χ0) is 12.5. The molecule has 1 aliphatic rings. The van der Waals surface area contributed by atoms with E-state index in [1.807, 2.05) is 19.1 Å². The molecular formula is C13H19BrN2O. The molecule has 1 aromatic rings. The number of anilines is 1. The molecule has 2 N–H and O–H groups in total. The van der Waals surface area contributed by atoms with Crippen LogP contribution in [0.2, 0.25) is 0 Å². The van der Waals surface area contributed by atoms with Gasteiger partial charge >= 0.3 is 0 Å². The molecule has 0 amide bonds. The summed E-state index contributed by atoms with van der Waals surface area (Å²) in [5.74, 6) is 0. The lowest BCUT2D eigenvalue weighted by atomic mass is 10.1. The molecule has 0 aromatic heterocycles. The summed E-state index contributed by atoms with van der Waals surface area (Å²) in [4.78, 5) is 2.25. The number of β-amino-alcohol motifs (C(OH)–C–C–N with tert-alkyl or cyclic N) is 1. The lowest BCUT2D eigenvalue weighted by Gasteiger charge is -2.33. The lowest BCUT2D eigenvalue weighted by molar-refractivity contribution is 0.0726. The molecule has 1 aliphatic heterocycles. The Morgan fingerprint density at radius 1 is 1.53 bits per heavy atom. The average Bonchev–Trinajstić information content (AvgIpc) is 2.38. The molecule has 2 atom stereocenters. The van der Waals surface area contributed by atoms with Gasteiger partial charge in [0.05, 0.1) is 5.60 Å². The van der Waals surface area contributed by atoms with E-state index in [0.717, 1.165) is 16.7 Å². The van der Waals surface area contributed by atoms with Crippen molar-refractivity contribution in [3.8, 4) is 0 Å². The van der Waals surface area contributed by atoms with Gasteiger partial charge in [-0.05, 0) is 32.0 Å².